The Morgan fingerprint density at radius 3 is 2.65 bits per heavy atom. The monoisotopic (exact) mass is 322 g/mol. The normalized spacial score (nSPS) is 29.6. The maximum Gasteiger partial charge on any atom is 0.126 e. The molecule has 4 heteroatoms. The highest BCUT2D eigenvalue weighted by molar-refractivity contribution is 5.28. The minimum Gasteiger partial charge on any atom is -0.394 e. The fraction of sp³-hybridized carbons (Fsp3) is 0.684. The lowest BCUT2D eigenvalue weighted by molar-refractivity contribution is -0.113. The zero-order valence-corrected chi connectivity index (χ0v) is 13.6. The summed E-state index contributed by atoms with van der Waals surface area (Å²) >= 11 is 0. The first-order chi connectivity index (χ1) is 11.2. The minimum atomic E-state index is -0.474. The summed E-state index contributed by atoms with van der Waals surface area (Å²) < 4.78 is 20.0. The molecule has 3 atom stereocenters. The van der Waals surface area contributed by atoms with Crippen LogP contribution in [0.1, 0.15) is 62.2 Å². The van der Waals surface area contributed by atoms with Gasteiger partial charge >= 0.3 is 0 Å². The molecular formula is C19H27FO3. The van der Waals surface area contributed by atoms with Gasteiger partial charge in [0.25, 0.3) is 0 Å². The minimum absolute atomic E-state index is 0.0936. The molecule has 1 aromatic carbocycles. The van der Waals surface area contributed by atoms with Crippen molar-refractivity contribution in [3.8, 4) is 0 Å². The Kier molecular flexibility index (Phi) is 5.67. The van der Waals surface area contributed by atoms with Crippen LogP contribution in [0.4, 0.5) is 4.39 Å². The topological polar surface area (TPSA) is 49.7 Å². The molecule has 1 aromatic rings. The molecule has 1 aliphatic heterocycles. The molecule has 1 saturated carbocycles. The smallest absolute Gasteiger partial charge is 0.126 e. The maximum atomic E-state index is 14.2. The first-order valence-electron chi connectivity index (χ1n) is 8.88. The summed E-state index contributed by atoms with van der Waals surface area (Å²) in [5.74, 6) is 0.436. The molecule has 2 fully saturated rings. The largest absolute Gasteiger partial charge is 0.394 e. The van der Waals surface area contributed by atoms with Crippen LogP contribution < -0.4 is 0 Å². The summed E-state index contributed by atoms with van der Waals surface area (Å²) in [7, 11) is 0. The van der Waals surface area contributed by atoms with Crippen LogP contribution in [0.2, 0.25) is 0 Å². The molecule has 0 amide bonds. The van der Waals surface area contributed by atoms with E-state index in [1.807, 2.05) is 6.07 Å². The Hall–Kier alpha value is -0.970. The fourth-order valence-electron chi connectivity index (χ4n) is 3.98. The van der Waals surface area contributed by atoms with Gasteiger partial charge in [-0.3, -0.25) is 0 Å². The van der Waals surface area contributed by atoms with E-state index in [1.54, 1.807) is 6.07 Å². The van der Waals surface area contributed by atoms with Crippen molar-refractivity contribution in [1.29, 1.82) is 0 Å². The lowest BCUT2D eigenvalue weighted by atomic mass is 9.84. The first-order valence-corrected chi connectivity index (χ1v) is 8.88. The molecule has 3 unspecified atom stereocenters. The summed E-state index contributed by atoms with van der Waals surface area (Å²) in [6.45, 7) is -0.0936. The van der Waals surface area contributed by atoms with E-state index in [2.05, 4.69) is 0 Å². The van der Waals surface area contributed by atoms with Gasteiger partial charge in [-0.05, 0) is 29.5 Å². The van der Waals surface area contributed by atoms with E-state index < -0.39 is 6.10 Å². The second-order valence-corrected chi connectivity index (χ2v) is 7.11. The number of ether oxygens (including phenoxy) is 1. The van der Waals surface area contributed by atoms with Crippen molar-refractivity contribution in [1.82, 2.24) is 0 Å². The standard InChI is InChI=1S/C19H27FO3/c20-18-7-6-14(19-11-16(22)10-17(12-21)23-19)9-15(18)8-13-4-2-1-3-5-13/h6-7,9,13,16-17,19,21-22H,1-5,8,10-12H2. The summed E-state index contributed by atoms with van der Waals surface area (Å²) in [5.41, 5.74) is 1.67. The van der Waals surface area contributed by atoms with Crippen molar-refractivity contribution >= 4 is 0 Å². The number of hydrogen-bond donors (Lipinski definition) is 2. The van der Waals surface area contributed by atoms with Gasteiger partial charge in [-0.2, -0.15) is 0 Å². The maximum absolute atomic E-state index is 14.2. The highest BCUT2D eigenvalue weighted by atomic mass is 19.1. The zero-order valence-electron chi connectivity index (χ0n) is 13.6. The van der Waals surface area contributed by atoms with Crippen LogP contribution >= 0.6 is 0 Å². The van der Waals surface area contributed by atoms with E-state index in [0.29, 0.717) is 18.8 Å². The quantitative estimate of drug-likeness (QED) is 0.892. The molecule has 3 nitrogen and oxygen atoms in total. The van der Waals surface area contributed by atoms with E-state index >= 15 is 0 Å². The Morgan fingerprint density at radius 1 is 1.13 bits per heavy atom. The van der Waals surface area contributed by atoms with Crippen LogP contribution in [0.5, 0.6) is 0 Å². The third-order valence-electron chi connectivity index (χ3n) is 5.26. The van der Waals surface area contributed by atoms with Crippen molar-refractivity contribution in [2.45, 2.75) is 69.7 Å². The molecule has 0 spiro atoms. The van der Waals surface area contributed by atoms with Crippen molar-refractivity contribution in [3.05, 3.63) is 35.1 Å². The Morgan fingerprint density at radius 2 is 1.91 bits per heavy atom. The molecule has 3 rings (SSSR count). The number of aliphatic hydroxyl groups excluding tert-OH is 2. The summed E-state index contributed by atoms with van der Waals surface area (Å²) in [4.78, 5) is 0. The van der Waals surface area contributed by atoms with Gasteiger partial charge in [0, 0.05) is 12.8 Å². The van der Waals surface area contributed by atoms with Gasteiger partial charge in [0.05, 0.1) is 24.9 Å². The van der Waals surface area contributed by atoms with Crippen LogP contribution in [0, 0.1) is 11.7 Å². The molecule has 1 saturated heterocycles. The molecule has 2 aliphatic rings. The van der Waals surface area contributed by atoms with Gasteiger partial charge in [0.2, 0.25) is 0 Å². The highest BCUT2D eigenvalue weighted by Gasteiger charge is 2.29. The molecule has 128 valence electrons. The number of hydrogen-bond acceptors (Lipinski definition) is 3. The Bertz CT molecular complexity index is 513. The van der Waals surface area contributed by atoms with Crippen LogP contribution in [-0.4, -0.2) is 29.0 Å². The number of aliphatic hydroxyl groups is 2. The van der Waals surface area contributed by atoms with E-state index in [4.69, 9.17) is 4.74 Å². The molecule has 0 bridgehead atoms. The second-order valence-electron chi connectivity index (χ2n) is 7.11. The SMILES string of the molecule is OCC1CC(O)CC(c2ccc(F)c(CC3CCCCC3)c2)O1. The van der Waals surface area contributed by atoms with Gasteiger partial charge in [0.1, 0.15) is 5.82 Å². The lowest BCUT2D eigenvalue weighted by Gasteiger charge is -2.33. The van der Waals surface area contributed by atoms with E-state index in [1.165, 1.54) is 38.2 Å². The fourth-order valence-corrected chi connectivity index (χ4v) is 3.98. The van der Waals surface area contributed by atoms with Crippen LogP contribution in [0.3, 0.4) is 0 Å². The molecule has 0 aromatic heterocycles. The molecular weight excluding hydrogens is 295 g/mol. The van der Waals surface area contributed by atoms with Gasteiger partial charge < -0.3 is 14.9 Å². The van der Waals surface area contributed by atoms with Crippen LogP contribution in [-0.2, 0) is 11.2 Å². The summed E-state index contributed by atoms with van der Waals surface area (Å²) in [6.07, 6.45) is 6.87. The number of benzene rings is 1. The van der Waals surface area contributed by atoms with Gasteiger partial charge in [-0.1, -0.05) is 44.2 Å². The predicted molar refractivity (Wildman–Crippen MR) is 86.6 cm³/mol. The van der Waals surface area contributed by atoms with Crippen LogP contribution in [0.15, 0.2) is 18.2 Å². The van der Waals surface area contributed by atoms with E-state index in [0.717, 1.165) is 17.5 Å². The van der Waals surface area contributed by atoms with E-state index in [-0.39, 0.29) is 24.6 Å². The third kappa shape index (κ3) is 4.31. The highest BCUT2D eigenvalue weighted by Crippen LogP contribution is 2.34. The van der Waals surface area contributed by atoms with Crippen molar-refractivity contribution in [2.75, 3.05) is 6.61 Å². The van der Waals surface area contributed by atoms with Crippen molar-refractivity contribution in [3.63, 3.8) is 0 Å². The molecule has 2 N–H and O–H groups in total. The summed E-state index contributed by atoms with van der Waals surface area (Å²) in [5, 5.41) is 19.3. The predicted octanol–water partition coefficient (Wildman–Crippen LogP) is 3.52. The molecule has 0 radical (unpaired) electrons. The summed E-state index contributed by atoms with van der Waals surface area (Å²) in [6, 6.07) is 5.17. The number of halogens is 1. The van der Waals surface area contributed by atoms with Crippen molar-refractivity contribution in [2.24, 2.45) is 5.92 Å². The second kappa shape index (κ2) is 7.73. The van der Waals surface area contributed by atoms with E-state index in [9.17, 15) is 14.6 Å². The Labute approximate surface area is 137 Å². The molecule has 23 heavy (non-hydrogen) atoms. The first kappa shape index (κ1) is 16.9. The molecule has 1 aliphatic carbocycles. The van der Waals surface area contributed by atoms with Gasteiger partial charge in [-0.15, -0.1) is 0 Å². The lowest BCUT2D eigenvalue weighted by Crippen LogP contribution is -2.33. The average molecular weight is 322 g/mol. The van der Waals surface area contributed by atoms with Gasteiger partial charge in [0.15, 0.2) is 0 Å². The third-order valence-corrected chi connectivity index (χ3v) is 5.26. The average Bonchev–Trinajstić information content (AvgIpc) is 2.57. The van der Waals surface area contributed by atoms with Crippen molar-refractivity contribution < 1.29 is 19.3 Å². The zero-order chi connectivity index (χ0) is 16.2. The Balaban J connectivity index is 1.73. The van der Waals surface area contributed by atoms with Gasteiger partial charge in [-0.25, -0.2) is 4.39 Å². The molecule has 1 heterocycles. The number of rotatable bonds is 4. The van der Waals surface area contributed by atoms with Crippen LogP contribution in [0.25, 0.3) is 0 Å².